The molecule has 2 aromatic rings. The molecule has 1 saturated heterocycles. The molecule has 3 N–H and O–H groups in total. The van der Waals surface area contributed by atoms with Crippen LogP contribution in [0, 0.1) is 0 Å². The number of amides is 1. The van der Waals surface area contributed by atoms with Gasteiger partial charge in [-0.25, -0.2) is 5.43 Å². The predicted molar refractivity (Wildman–Crippen MR) is 96.3 cm³/mol. The molecule has 0 spiro atoms. The van der Waals surface area contributed by atoms with Crippen LogP contribution >= 0.6 is 11.3 Å². The van der Waals surface area contributed by atoms with Crippen LogP contribution in [-0.2, 0) is 0 Å². The fourth-order valence-corrected chi connectivity index (χ4v) is 3.48. The first kappa shape index (κ1) is 15.6. The van der Waals surface area contributed by atoms with Gasteiger partial charge in [0.1, 0.15) is 0 Å². The number of carbonyl (C=O) groups is 1. The lowest BCUT2D eigenvalue weighted by atomic mass is 10.1. The minimum absolute atomic E-state index is 0.242. The highest BCUT2D eigenvalue weighted by molar-refractivity contribution is 7.17. The minimum Gasteiger partial charge on any atom is -0.399 e. The lowest BCUT2D eigenvalue weighted by Crippen LogP contribution is -2.28. The number of thiophene rings is 1. The summed E-state index contributed by atoms with van der Waals surface area (Å²) in [7, 11) is 0. The Hall–Kier alpha value is -2.34. The number of rotatable bonds is 4. The van der Waals surface area contributed by atoms with Gasteiger partial charge in [-0.15, -0.1) is 11.3 Å². The average molecular weight is 328 g/mol. The van der Waals surface area contributed by atoms with E-state index in [1.165, 1.54) is 24.3 Å². The second-order valence-electron chi connectivity index (χ2n) is 5.54. The Morgan fingerprint density at radius 1 is 1.13 bits per heavy atom. The SMILES string of the molecule is Nc1ccc(C(=O)N/N=C\c2ccc(N3CCCCC3)s2)cc1. The largest absolute Gasteiger partial charge is 0.399 e. The molecule has 1 fully saturated rings. The molecule has 0 unspecified atom stereocenters. The van der Waals surface area contributed by atoms with Crippen LogP contribution in [0.4, 0.5) is 10.7 Å². The second kappa shape index (κ2) is 7.28. The summed E-state index contributed by atoms with van der Waals surface area (Å²) in [4.78, 5) is 15.4. The van der Waals surface area contributed by atoms with Crippen LogP contribution in [-0.4, -0.2) is 25.2 Å². The van der Waals surface area contributed by atoms with Crippen LogP contribution < -0.4 is 16.1 Å². The summed E-state index contributed by atoms with van der Waals surface area (Å²) in [6, 6.07) is 10.9. The van der Waals surface area contributed by atoms with Crippen LogP contribution in [0.2, 0.25) is 0 Å². The molecule has 23 heavy (non-hydrogen) atoms. The van der Waals surface area contributed by atoms with Crippen molar-refractivity contribution in [1.29, 1.82) is 0 Å². The van der Waals surface area contributed by atoms with Crippen molar-refractivity contribution in [3.63, 3.8) is 0 Å². The number of carbonyl (C=O) groups excluding carboxylic acids is 1. The molecular weight excluding hydrogens is 308 g/mol. The number of benzene rings is 1. The molecule has 0 atom stereocenters. The zero-order chi connectivity index (χ0) is 16.1. The monoisotopic (exact) mass is 328 g/mol. The Morgan fingerprint density at radius 2 is 1.87 bits per heavy atom. The number of nitrogens with two attached hydrogens (primary N) is 1. The van der Waals surface area contributed by atoms with Gasteiger partial charge >= 0.3 is 0 Å². The summed E-state index contributed by atoms with van der Waals surface area (Å²) in [5.74, 6) is -0.242. The van der Waals surface area contributed by atoms with Crippen molar-refractivity contribution < 1.29 is 4.79 Å². The van der Waals surface area contributed by atoms with Gasteiger partial charge in [0.15, 0.2) is 0 Å². The lowest BCUT2D eigenvalue weighted by Gasteiger charge is -2.27. The molecule has 6 heteroatoms. The summed E-state index contributed by atoms with van der Waals surface area (Å²) in [6.45, 7) is 2.26. The molecule has 1 aromatic heterocycles. The molecule has 3 rings (SSSR count). The van der Waals surface area contributed by atoms with Gasteiger partial charge in [-0.3, -0.25) is 4.79 Å². The van der Waals surface area contributed by atoms with Crippen LogP contribution in [0.25, 0.3) is 0 Å². The molecular formula is C17H20N4OS. The maximum atomic E-state index is 11.9. The van der Waals surface area contributed by atoms with Crippen molar-refractivity contribution in [3.8, 4) is 0 Å². The minimum atomic E-state index is -0.242. The molecule has 1 amide bonds. The molecule has 0 bridgehead atoms. The van der Waals surface area contributed by atoms with Crippen molar-refractivity contribution in [2.24, 2.45) is 5.10 Å². The zero-order valence-corrected chi connectivity index (χ0v) is 13.7. The maximum absolute atomic E-state index is 11.9. The van der Waals surface area contributed by atoms with Gasteiger partial charge in [-0.05, 0) is 55.7 Å². The van der Waals surface area contributed by atoms with E-state index in [4.69, 9.17) is 5.73 Å². The summed E-state index contributed by atoms with van der Waals surface area (Å²) in [5.41, 5.74) is 9.31. The summed E-state index contributed by atoms with van der Waals surface area (Å²) < 4.78 is 0. The standard InChI is InChI=1S/C17H20N4OS/c18-14-6-4-13(5-7-14)17(22)20-19-12-15-8-9-16(23-15)21-10-2-1-3-11-21/h4-9,12H,1-3,10-11,18H2,(H,20,22)/b19-12-. The number of nitrogen functional groups attached to an aromatic ring is 1. The normalized spacial score (nSPS) is 15.0. The van der Waals surface area contributed by atoms with E-state index >= 15 is 0 Å². The van der Waals surface area contributed by atoms with Crippen molar-refractivity contribution in [1.82, 2.24) is 5.43 Å². The number of nitrogens with one attached hydrogen (secondary N) is 1. The van der Waals surface area contributed by atoms with E-state index in [1.807, 2.05) is 6.07 Å². The van der Waals surface area contributed by atoms with Crippen molar-refractivity contribution in [3.05, 3.63) is 46.8 Å². The van der Waals surface area contributed by atoms with Crippen LogP contribution in [0.5, 0.6) is 0 Å². The molecule has 1 aliphatic heterocycles. The third-order valence-corrected chi connectivity index (χ3v) is 4.89. The first-order valence-corrected chi connectivity index (χ1v) is 8.58. The Morgan fingerprint density at radius 3 is 2.61 bits per heavy atom. The molecule has 0 radical (unpaired) electrons. The molecule has 0 saturated carbocycles. The Labute approximate surface area is 139 Å². The Kier molecular flexibility index (Phi) is 4.92. The van der Waals surface area contributed by atoms with Crippen LogP contribution in [0.3, 0.4) is 0 Å². The van der Waals surface area contributed by atoms with Gasteiger partial charge in [0.05, 0.1) is 11.2 Å². The molecule has 1 aliphatic rings. The highest BCUT2D eigenvalue weighted by Crippen LogP contribution is 2.27. The summed E-state index contributed by atoms with van der Waals surface area (Å²) in [6.07, 6.45) is 5.54. The smallest absolute Gasteiger partial charge is 0.271 e. The van der Waals surface area contributed by atoms with Gasteiger partial charge in [0, 0.05) is 29.2 Å². The predicted octanol–water partition coefficient (Wildman–Crippen LogP) is 3.08. The molecule has 5 nitrogen and oxygen atoms in total. The topological polar surface area (TPSA) is 70.7 Å². The highest BCUT2D eigenvalue weighted by atomic mass is 32.1. The third kappa shape index (κ3) is 4.10. The first-order chi connectivity index (χ1) is 11.2. The highest BCUT2D eigenvalue weighted by Gasteiger charge is 2.12. The Balaban J connectivity index is 1.56. The number of hydrogen-bond acceptors (Lipinski definition) is 5. The molecule has 2 heterocycles. The van der Waals surface area contributed by atoms with Gasteiger partial charge in [0.25, 0.3) is 5.91 Å². The summed E-state index contributed by atoms with van der Waals surface area (Å²) in [5, 5.41) is 5.31. The molecule has 120 valence electrons. The number of hydrogen-bond donors (Lipinski definition) is 2. The lowest BCUT2D eigenvalue weighted by molar-refractivity contribution is 0.0955. The van der Waals surface area contributed by atoms with E-state index in [1.54, 1.807) is 41.8 Å². The van der Waals surface area contributed by atoms with Gasteiger partial charge < -0.3 is 10.6 Å². The number of anilines is 2. The van der Waals surface area contributed by atoms with Crippen molar-refractivity contribution in [2.75, 3.05) is 23.7 Å². The van der Waals surface area contributed by atoms with E-state index in [2.05, 4.69) is 21.5 Å². The molecule has 1 aromatic carbocycles. The number of nitrogens with zero attached hydrogens (tertiary/aromatic N) is 2. The van der Waals surface area contributed by atoms with E-state index in [9.17, 15) is 4.79 Å². The second-order valence-corrected chi connectivity index (χ2v) is 6.64. The van der Waals surface area contributed by atoms with E-state index in [0.29, 0.717) is 11.3 Å². The van der Waals surface area contributed by atoms with Crippen molar-refractivity contribution in [2.45, 2.75) is 19.3 Å². The quantitative estimate of drug-likeness (QED) is 0.515. The number of hydrazone groups is 1. The van der Waals surface area contributed by atoms with Crippen molar-refractivity contribution >= 4 is 34.1 Å². The van der Waals surface area contributed by atoms with E-state index < -0.39 is 0 Å². The number of piperidine rings is 1. The van der Waals surface area contributed by atoms with Crippen LogP contribution in [0.1, 0.15) is 34.5 Å². The maximum Gasteiger partial charge on any atom is 0.271 e. The summed E-state index contributed by atoms with van der Waals surface area (Å²) >= 11 is 1.70. The van der Waals surface area contributed by atoms with Gasteiger partial charge in [0.2, 0.25) is 0 Å². The van der Waals surface area contributed by atoms with Crippen LogP contribution in [0.15, 0.2) is 41.5 Å². The van der Waals surface area contributed by atoms with E-state index in [0.717, 1.165) is 18.0 Å². The average Bonchev–Trinajstić information content (AvgIpc) is 3.05. The fourth-order valence-electron chi connectivity index (χ4n) is 2.55. The Bertz CT molecular complexity index is 687. The van der Waals surface area contributed by atoms with Gasteiger partial charge in [-0.2, -0.15) is 5.10 Å². The third-order valence-electron chi connectivity index (χ3n) is 3.81. The zero-order valence-electron chi connectivity index (χ0n) is 12.9. The van der Waals surface area contributed by atoms with Gasteiger partial charge in [-0.1, -0.05) is 0 Å². The fraction of sp³-hybridized carbons (Fsp3) is 0.294. The molecule has 0 aliphatic carbocycles. The first-order valence-electron chi connectivity index (χ1n) is 7.76. The van der Waals surface area contributed by atoms with E-state index in [-0.39, 0.29) is 5.91 Å².